The maximum atomic E-state index is 12.8. The highest BCUT2D eigenvalue weighted by Crippen LogP contribution is 2.24. The Morgan fingerprint density at radius 3 is 2.71 bits per heavy atom. The Labute approximate surface area is 164 Å². The highest BCUT2D eigenvalue weighted by atomic mass is 32.1. The van der Waals surface area contributed by atoms with Crippen molar-refractivity contribution in [3.8, 4) is 11.4 Å². The van der Waals surface area contributed by atoms with Gasteiger partial charge >= 0.3 is 0 Å². The molecule has 2 N–H and O–H groups in total. The van der Waals surface area contributed by atoms with Gasteiger partial charge in [0.15, 0.2) is 5.69 Å². The summed E-state index contributed by atoms with van der Waals surface area (Å²) in [4.78, 5) is 40.0. The highest BCUT2D eigenvalue weighted by Gasteiger charge is 2.21. The molecule has 7 nitrogen and oxygen atoms in total. The van der Waals surface area contributed by atoms with Gasteiger partial charge < -0.3 is 19.8 Å². The van der Waals surface area contributed by atoms with Gasteiger partial charge in [-0.1, -0.05) is 6.07 Å². The zero-order valence-electron chi connectivity index (χ0n) is 15.4. The molecule has 1 aliphatic heterocycles. The molecule has 1 aliphatic rings. The molecule has 142 valence electrons. The van der Waals surface area contributed by atoms with E-state index in [1.807, 2.05) is 39.9 Å². The summed E-state index contributed by atoms with van der Waals surface area (Å²) in [6.07, 6.45) is 0. The molecule has 1 saturated heterocycles. The van der Waals surface area contributed by atoms with Crippen molar-refractivity contribution in [2.75, 3.05) is 33.2 Å². The van der Waals surface area contributed by atoms with Gasteiger partial charge in [-0.05, 0) is 25.2 Å². The van der Waals surface area contributed by atoms with E-state index in [1.165, 1.54) is 11.3 Å². The van der Waals surface area contributed by atoms with E-state index in [2.05, 4.69) is 26.9 Å². The van der Waals surface area contributed by atoms with Crippen LogP contribution in [0.4, 0.5) is 0 Å². The summed E-state index contributed by atoms with van der Waals surface area (Å²) < 4.78 is 0. The number of hydrogen-bond acceptors (Lipinski definition) is 5. The van der Waals surface area contributed by atoms with Crippen molar-refractivity contribution in [3.05, 3.63) is 50.9 Å². The average molecular weight is 393 g/mol. The summed E-state index contributed by atoms with van der Waals surface area (Å²) >= 11 is 1.50. The summed E-state index contributed by atoms with van der Waals surface area (Å²) in [5.74, 6) is 0.0433. The molecule has 0 atom stereocenters. The molecule has 1 aromatic carbocycles. The van der Waals surface area contributed by atoms with Gasteiger partial charge in [0.1, 0.15) is 0 Å². The molecule has 8 heteroatoms. The van der Waals surface area contributed by atoms with Gasteiger partial charge in [0.25, 0.3) is 11.5 Å². The lowest BCUT2D eigenvalue weighted by Gasteiger charge is -2.32. The van der Waals surface area contributed by atoms with Crippen molar-refractivity contribution in [1.82, 2.24) is 24.8 Å². The topological polar surface area (TPSA) is 85.1 Å². The third-order valence-corrected chi connectivity index (χ3v) is 5.98. The predicted molar refractivity (Wildman–Crippen MR) is 111 cm³/mol. The molecule has 0 aliphatic carbocycles. The smallest absolute Gasteiger partial charge is 0.276 e. The molecule has 4 heterocycles. The van der Waals surface area contributed by atoms with Crippen molar-refractivity contribution in [1.29, 1.82) is 0 Å². The third kappa shape index (κ3) is 2.90. The molecule has 5 rings (SSSR count). The Balaban J connectivity index is 1.50. The second-order valence-electron chi connectivity index (χ2n) is 7.17. The van der Waals surface area contributed by atoms with Crippen LogP contribution in [0.5, 0.6) is 0 Å². The first-order valence-electron chi connectivity index (χ1n) is 9.16. The van der Waals surface area contributed by atoms with E-state index in [1.54, 1.807) is 0 Å². The van der Waals surface area contributed by atoms with E-state index in [4.69, 9.17) is 0 Å². The third-order valence-electron chi connectivity index (χ3n) is 5.25. The minimum atomic E-state index is -0.230. The lowest BCUT2D eigenvalue weighted by atomic mass is 10.1. The number of aromatic amines is 2. The molecule has 0 spiro atoms. The van der Waals surface area contributed by atoms with Gasteiger partial charge in [0, 0.05) is 53.4 Å². The minimum Gasteiger partial charge on any atom is -0.353 e. The number of H-pyrrole nitrogens is 2. The molecule has 1 fully saturated rings. The number of piperazine rings is 1. The SMILES string of the molecule is CN1CCN(C(=O)c2ccc3cc(-c4nc5cscc5[nH]c4=O)[nH]c3c2)CC1. The first kappa shape index (κ1) is 17.2. The Kier molecular flexibility index (Phi) is 4.03. The van der Waals surface area contributed by atoms with Gasteiger partial charge in [0.2, 0.25) is 0 Å². The van der Waals surface area contributed by atoms with Crippen molar-refractivity contribution in [3.63, 3.8) is 0 Å². The number of nitrogens with one attached hydrogen (secondary N) is 2. The first-order valence-corrected chi connectivity index (χ1v) is 10.1. The number of fused-ring (bicyclic) bond motifs is 2. The van der Waals surface area contributed by atoms with Gasteiger partial charge in [-0.3, -0.25) is 9.59 Å². The maximum Gasteiger partial charge on any atom is 0.276 e. The van der Waals surface area contributed by atoms with E-state index in [-0.39, 0.29) is 11.5 Å². The summed E-state index contributed by atoms with van der Waals surface area (Å²) in [6, 6.07) is 7.52. The number of thiophene rings is 1. The van der Waals surface area contributed by atoms with Crippen LogP contribution in [0.1, 0.15) is 10.4 Å². The molecular weight excluding hydrogens is 374 g/mol. The van der Waals surface area contributed by atoms with Crippen molar-refractivity contribution in [2.24, 2.45) is 0 Å². The van der Waals surface area contributed by atoms with Gasteiger partial charge in [-0.25, -0.2) is 4.98 Å². The van der Waals surface area contributed by atoms with Crippen LogP contribution in [-0.4, -0.2) is 63.9 Å². The maximum absolute atomic E-state index is 12.8. The molecule has 28 heavy (non-hydrogen) atoms. The molecule has 1 amide bonds. The molecule has 0 bridgehead atoms. The zero-order valence-corrected chi connectivity index (χ0v) is 16.2. The van der Waals surface area contributed by atoms with Crippen LogP contribution in [0.25, 0.3) is 33.3 Å². The van der Waals surface area contributed by atoms with Crippen LogP contribution in [0.3, 0.4) is 0 Å². The normalized spacial score (nSPS) is 15.5. The molecular formula is C20H19N5O2S. The quantitative estimate of drug-likeness (QED) is 0.548. The molecule has 0 saturated carbocycles. The van der Waals surface area contributed by atoms with E-state index < -0.39 is 0 Å². The predicted octanol–water partition coefficient (Wildman–Crippen LogP) is 2.52. The van der Waals surface area contributed by atoms with Crippen molar-refractivity contribution >= 4 is 39.2 Å². The fraction of sp³-hybridized carbons (Fsp3) is 0.250. The minimum absolute atomic E-state index is 0.0433. The monoisotopic (exact) mass is 393 g/mol. The fourth-order valence-corrected chi connectivity index (χ4v) is 4.28. The van der Waals surface area contributed by atoms with Crippen LogP contribution in [0.2, 0.25) is 0 Å². The standard InChI is InChI=1S/C20H19N5O2S/c1-24-4-6-25(7-5-24)20(27)13-3-2-12-8-15(21-14(12)9-13)18-19(26)23-17-11-28-10-16(17)22-18/h2-3,8-11,21H,4-7H2,1H3,(H,23,26). The zero-order chi connectivity index (χ0) is 19.3. The second-order valence-corrected chi connectivity index (χ2v) is 7.91. The number of aromatic nitrogens is 3. The number of likely N-dealkylation sites (N-methyl/N-ethyl adjacent to an activating group) is 1. The van der Waals surface area contributed by atoms with Crippen LogP contribution < -0.4 is 5.56 Å². The second kappa shape index (κ2) is 6.57. The highest BCUT2D eigenvalue weighted by molar-refractivity contribution is 7.09. The van der Waals surface area contributed by atoms with Gasteiger partial charge in [-0.2, -0.15) is 0 Å². The van der Waals surface area contributed by atoms with E-state index >= 15 is 0 Å². The number of carbonyl (C=O) groups excluding carboxylic acids is 1. The average Bonchev–Trinajstić information content (AvgIpc) is 3.32. The molecule has 3 aromatic heterocycles. The van der Waals surface area contributed by atoms with Crippen LogP contribution in [0.15, 0.2) is 39.8 Å². The fourth-order valence-electron chi connectivity index (χ4n) is 3.59. The summed E-state index contributed by atoms with van der Waals surface area (Å²) in [5.41, 5.74) is 3.76. The summed E-state index contributed by atoms with van der Waals surface area (Å²) in [5, 5.41) is 4.72. The number of rotatable bonds is 2. The van der Waals surface area contributed by atoms with E-state index in [0.717, 1.165) is 48.1 Å². The molecule has 0 unspecified atom stereocenters. The Morgan fingerprint density at radius 2 is 1.89 bits per heavy atom. The van der Waals surface area contributed by atoms with Crippen LogP contribution in [0, 0.1) is 0 Å². The number of carbonyl (C=O) groups is 1. The van der Waals surface area contributed by atoms with Crippen LogP contribution >= 0.6 is 11.3 Å². The lowest BCUT2D eigenvalue weighted by Crippen LogP contribution is -2.47. The number of nitrogens with zero attached hydrogens (tertiary/aromatic N) is 3. The van der Waals surface area contributed by atoms with Crippen molar-refractivity contribution < 1.29 is 4.79 Å². The molecule has 4 aromatic rings. The number of amides is 1. The molecule has 0 radical (unpaired) electrons. The Morgan fingerprint density at radius 1 is 1.07 bits per heavy atom. The summed E-state index contributed by atoms with van der Waals surface area (Å²) in [7, 11) is 2.07. The van der Waals surface area contributed by atoms with E-state index in [0.29, 0.717) is 17.0 Å². The van der Waals surface area contributed by atoms with Gasteiger partial charge in [0.05, 0.1) is 16.7 Å². The van der Waals surface area contributed by atoms with Crippen molar-refractivity contribution in [2.45, 2.75) is 0 Å². The summed E-state index contributed by atoms with van der Waals surface area (Å²) in [6.45, 7) is 3.26. The largest absolute Gasteiger partial charge is 0.353 e. The Bertz CT molecular complexity index is 1250. The van der Waals surface area contributed by atoms with Gasteiger partial charge in [-0.15, -0.1) is 11.3 Å². The number of benzene rings is 1. The van der Waals surface area contributed by atoms with Crippen LogP contribution in [-0.2, 0) is 0 Å². The Hall–Kier alpha value is -2.97. The van der Waals surface area contributed by atoms with E-state index in [9.17, 15) is 9.59 Å². The lowest BCUT2D eigenvalue weighted by molar-refractivity contribution is 0.0664. The first-order chi connectivity index (χ1) is 13.6. The number of hydrogen-bond donors (Lipinski definition) is 2.